The van der Waals surface area contributed by atoms with Gasteiger partial charge in [-0.1, -0.05) is 6.92 Å². The first-order valence-electron chi connectivity index (χ1n) is 7.53. The Balaban J connectivity index is 2.41. The number of carbonyl (C=O) groups excluding carboxylic acids is 1. The van der Waals surface area contributed by atoms with Crippen molar-refractivity contribution < 1.29 is 22.7 Å². The SMILES string of the molecule is CCSc1c(C(=O)Nc2cc(C(F)(F)F)ncc2NC)nn(C)c1OC. The third-order valence-electron chi connectivity index (χ3n) is 3.36. The van der Waals surface area contributed by atoms with E-state index in [9.17, 15) is 18.0 Å². The molecule has 2 rings (SSSR count). The number of ether oxygens (including phenoxy) is 1. The first kappa shape index (κ1) is 19.9. The van der Waals surface area contributed by atoms with Crippen molar-refractivity contribution in [3.05, 3.63) is 23.7 Å². The zero-order chi connectivity index (χ0) is 19.5. The molecule has 0 unspecified atom stereocenters. The van der Waals surface area contributed by atoms with Crippen LogP contribution in [0.3, 0.4) is 0 Å². The van der Waals surface area contributed by atoms with Crippen LogP contribution in [0.25, 0.3) is 0 Å². The van der Waals surface area contributed by atoms with Crippen LogP contribution in [-0.2, 0) is 13.2 Å². The van der Waals surface area contributed by atoms with Crippen LogP contribution in [0.15, 0.2) is 17.2 Å². The smallest absolute Gasteiger partial charge is 0.433 e. The lowest BCUT2D eigenvalue weighted by Gasteiger charge is -2.13. The molecule has 26 heavy (non-hydrogen) atoms. The summed E-state index contributed by atoms with van der Waals surface area (Å²) < 4.78 is 45.3. The number of halogens is 3. The Hall–Kier alpha value is -2.43. The predicted molar refractivity (Wildman–Crippen MR) is 92.9 cm³/mol. The molecule has 0 spiro atoms. The number of thioether (sulfide) groups is 1. The highest BCUT2D eigenvalue weighted by molar-refractivity contribution is 7.99. The summed E-state index contributed by atoms with van der Waals surface area (Å²) in [6.45, 7) is 1.90. The lowest BCUT2D eigenvalue weighted by atomic mass is 10.2. The molecule has 0 fully saturated rings. The minimum Gasteiger partial charge on any atom is -0.480 e. The number of nitrogens with one attached hydrogen (secondary N) is 2. The molecule has 7 nitrogen and oxygen atoms in total. The molecule has 1 amide bonds. The molecule has 11 heteroatoms. The van der Waals surface area contributed by atoms with Gasteiger partial charge in [-0.3, -0.25) is 4.79 Å². The molecule has 0 aliphatic heterocycles. The highest BCUT2D eigenvalue weighted by atomic mass is 32.2. The number of amides is 1. The predicted octanol–water partition coefficient (Wildman–Crippen LogP) is 3.25. The van der Waals surface area contributed by atoms with Crippen LogP contribution >= 0.6 is 11.8 Å². The average molecular weight is 389 g/mol. The number of pyridine rings is 1. The maximum absolute atomic E-state index is 12.9. The van der Waals surface area contributed by atoms with E-state index >= 15 is 0 Å². The van der Waals surface area contributed by atoms with Gasteiger partial charge in [-0.05, 0) is 11.8 Å². The summed E-state index contributed by atoms with van der Waals surface area (Å²) in [7, 11) is 4.58. The largest absolute Gasteiger partial charge is 0.480 e. The molecule has 2 heterocycles. The van der Waals surface area contributed by atoms with E-state index in [-0.39, 0.29) is 17.1 Å². The number of aromatic nitrogens is 3. The fraction of sp³-hybridized carbons (Fsp3) is 0.400. The number of anilines is 2. The van der Waals surface area contributed by atoms with Crippen molar-refractivity contribution in [2.24, 2.45) is 7.05 Å². The van der Waals surface area contributed by atoms with Crippen LogP contribution < -0.4 is 15.4 Å². The maximum atomic E-state index is 12.9. The van der Waals surface area contributed by atoms with Crippen LogP contribution in [0.5, 0.6) is 5.88 Å². The number of nitrogens with zero attached hydrogens (tertiary/aromatic N) is 3. The van der Waals surface area contributed by atoms with Gasteiger partial charge < -0.3 is 15.4 Å². The Morgan fingerprint density at radius 1 is 1.38 bits per heavy atom. The highest BCUT2D eigenvalue weighted by Crippen LogP contribution is 2.34. The average Bonchev–Trinajstić information content (AvgIpc) is 2.90. The Morgan fingerprint density at radius 3 is 2.62 bits per heavy atom. The van der Waals surface area contributed by atoms with Gasteiger partial charge in [-0.15, -0.1) is 11.8 Å². The molecule has 142 valence electrons. The minimum atomic E-state index is -4.62. The molecule has 2 aromatic rings. The van der Waals surface area contributed by atoms with Crippen molar-refractivity contribution in [1.29, 1.82) is 0 Å². The Kier molecular flexibility index (Phi) is 6.01. The van der Waals surface area contributed by atoms with Crippen LogP contribution in [0.1, 0.15) is 23.1 Å². The van der Waals surface area contributed by atoms with Crippen molar-refractivity contribution in [1.82, 2.24) is 14.8 Å². The molecular formula is C15H18F3N5O2S. The molecule has 0 radical (unpaired) electrons. The van der Waals surface area contributed by atoms with E-state index in [4.69, 9.17) is 4.74 Å². The Morgan fingerprint density at radius 2 is 2.08 bits per heavy atom. The quantitative estimate of drug-likeness (QED) is 0.739. The summed E-state index contributed by atoms with van der Waals surface area (Å²) in [5.74, 6) is 0.426. The lowest BCUT2D eigenvalue weighted by molar-refractivity contribution is -0.141. The second-order valence-electron chi connectivity index (χ2n) is 5.06. The zero-order valence-corrected chi connectivity index (χ0v) is 15.4. The number of aryl methyl sites for hydroxylation is 1. The third-order valence-corrected chi connectivity index (χ3v) is 4.31. The van der Waals surface area contributed by atoms with Crippen LogP contribution in [0.4, 0.5) is 24.5 Å². The van der Waals surface area contributed by atoms with Gasteiger partial charge in [0.15, 0.2) is 5.69 Å². The van der Waals surface area contributed by atoms with Gasteiger partial charge in [0.1, 0.15) is 10.6 Å². The molecule has 2 N–H and O–H groups in total. The van der Waals surface area contributed by atoms with Crippen molar-refractivity contribution in [2.45, 2.75) is 18.0 Å². The molecule has 0 atom stereocenters. The summed E-state index contributed by atoms with van der Waals surface area (Å²) in [5.41, 5.74) is -0.826. The van der Waals surface area contributed by atoms with Gasteiger partial charge in [0, 0.05) is 14.1 Å². The van der Waals surface area contributed by atoms with Crippen LogP contribution in [0.2, 0.25) is 0 Å². The van der Waals surface area contributed by atoms with Crippen LogP contribution in [-0.4, -0.2) is 40.6 Å². The summed E-state index contributed by atoms with van der Waals surface area (Å²) in [6, 6.07) is 0.774. The summed E-state index contributed by atoms with van der Waals surface area (Å²) in [4.78, 5) is 16.5. The summed E-state index contributed by atoms with van der Waals surface area (Å²) in [5, 5.41) is 9.29. The van der Waals surface area contributed by atoms with Gasteiger partial charge in [-0.25, -0.2) is 9.67 Å². The van der Waals surface area contributed by atoms with Crippen molar-refractivity contribution in [2.75, 3.05) is 30.5 Å². The second-order valence-corrected chi connectivity index (χ2v) is 6.33. The number of alkyl halides is 3. The van der Waals surface area contributed by atoms with Gasteiger partial charge in [-0.2, -0.15) is 18.3 Å². The first-order chi connectivity index (χ1) is 12.2. The second kappa shape index (κ2) is 7.85. The number of rotatable bonds is 6. The number of methoxy groups -OCH3 is 1. The van der Waals surface area contributed by atoms with Gasteiger partial charge >= 0.3 is 6.18 Å². The van der Waals surface area contributed by atoms with E-state index in [1.807, 2.05) is 6.92 Å². The van der Waals surface area contributed by atoms with E-state index in [0.717, 1.165) is 12.3 Å². The number of carbonyl (C=O) groups is 1. The van der Waals surface area contributed by atoms with E-state index in [0.29, 0.717) is 16.5 Å². The molecule has 0 aromatic carbocycles. The third kappa shape index (κ3) is 4.03. The fourth-order valence-electron chi connectivity index (χ4n) is 2.23. The lowest BCUT2D eigenvalue weighted by Crippen LogP contribution is -2.17. The molecule has 0 bridgehead atoms. The zero-order valence-electron chi connectivity index (χ0n) is 14.6. The fourth-order valence-corrected chi connectivity index (χ4v) is 3.13. The molecule has 2 aromatic heterocycles. The normalized spacial score (nSPS) is 11.3. The molecule has 0 saturated carbocycles. The molecule has 0 aliphatic rings. The van der Waals surface area contributed by atoms with Crippen molar-refractivity contribution in [3.8, 4) is 5.88 Å². The minimum absolute atomic E-state index is 0.0445. The first-order valence-corrected chi connectivity index (χ1v) is 8.51. The van der Waals surface area contributed by atoms with Crippen molar-refractivity contribution in [3.63, 3.8) is 0 Å². The van der Waals surface area contributed by atoms with E-state index in [1.54, 1.807) is 7.05 Å². The topological polar surface area (TPSA) is 81.1 Å². The van der Waals surface area contributed by atoms with E-state index in [1.165, 1.54) is 30.6 Å². The van der Waals surface area contributed by atoms with Gasteiger partial charge in [0.25, 0.3) is 5.91 Å². The monoisotopic (exact) mass is 389 g/mol. The summed E-state index contributed by atoms with van der Waals surface area (Å²) >= 11 is 1.35. The number of hydrogen-bond acceptors (Lipinski definition) is 6. The maximum Gasteiger partial charge on any atom is 0.433 e. The van der Waals surface area contributed by atoms with E-state index in [2.05, 4.69) is 20.7 Å². The van der Waals surface area contributed by atoms with Gasteiger partial charge in [0.05, 0.1) is 24.7 Å². The molecule has 0 saturated heterocycles. The van der Waals surface area contributed by atoms with E-state index < -0.39 is 17.8 Å². The Bertz CT molecular complexity index is 807. The molecular weight excluding hydrogens is 371 g/mol. The van der Waals surface area contributed by atoms with Gasteiger partial charge in [0.2, 0.25) is 5.88 Å². The molecule has 0 aliphatic carbocycles. The van der Waals surface area contributed by atoms with Crippen molar-refractivity contribution >= 4 is 29.0 Å². The highest BCUT2D eigenvalue weighted by Gasteiger charge is 2.33. The number of hydrogen-bond donors (Lipinski definition) is 2. The van der Waals surface area contributed by atoms with Crippen LogP contribution in [0, 0.1) is 0 Å². The summed E-state index contributed by atoms with van der Waals surface area (Å²) in [6.07, 6.45) is -3.61. The standard InChI is InChI=1S/C15H18F3N5O2S/c1-5-26-12-11(22-23(3)14(12)25-4)13(24)21-8-6-10(15(16,17)18)20-7-9(8)19-2/h6-7,19H,5H2,1-4H3,(H,20,21,24). The Labute approximate surface area is 152 Å².